The number of benzene rings is 1. The Morgan fingerprint density at radius 1 is 1.39 bits per heavy atom. The van der Waals surface area contributed by atoms with Crippen LogP contribution in [0.25, 0.3) is 0 Å². The highest BCUT2D eigenvalue weighted by atomic mass is 32.2. The van der Waals surface area contributed by atoms with Crippen molar-refractivity contribution >= 4 is 15.7 Å². The summed E-state index contributed by atoms with van der Waals surface area (Å²) in [5, 5.41) is 0. The number of nitrogens with two attached hydrogens (primary N) is 1. The minimum absolute atomic E-state index is 0.0204. The van der Waals surface area contributed by atoms with Crippen LogP contribution in [-0.4, -0.2) is 14.0 Å². The predicted molar refractivity (Wildman–Crippen MR) is 68.1 cm³/mol. The van der Waals surface area contributed by atoms with Crippen molar-refractivity contribution in [2.75, 3.05) is 5.73 Å². The largest absolute Gasteiger partial charge is 0.396 e. The third kappa shape index (κ3) is 2.35. The van der Waals surface area contributed by atoms with Crippen molar-refractivity contribution in [3.63, 3.8) is 0 Å². The SMILES string of the molecule is Cc1cc(S(=O)(=O)NC2(C)CCC2)cc(N)c1F. The summed E-state index contributed by atoms with van der Waals surface area (Å²) < 4.78 is 40.4. The molecule has 1 fully saturated rings. The Hall–Kier alpha value is -1.14. The number of nitrogen functional groups attached to an aromatic ring is 1. The number of halogens is 1. The van der Waals surface area contributed by atoms with Crippen molar-refractivity contribution < 1.29 is 12.8 Å². The molecule has 18 heavy (non-hydrogen) atoms. The van der Waals surface area contributed by atoms with Crippen LogP contribution in [-0.2, 0) is 10.0 Å². The molecule has 6 heteroatoms. The van der Waals surface area contributed by atoms with Gasteiger partial charge in [0.15, 0.2) is 0 Å². The highest BCUT2D eigenvalue weighted by Gasteiger charge is 2.36. The summed E-state index contributed by atoms with van der Waals surface area (Å²) in [4.78, 5) is 0.0204. The summed E-state index contributed by atoms with van der Waals surface area (Å²) in [5.41, 5.74) is 5.17. The minimum Gasteiger partial charge on any atom is -0.396 e. The fraction of sp³-hybridized carbons (Fsp3) is 0.500. The molecule has 1 saturated carbocycles. The summed E-state index contributed by atoms with van der Waals surface area (Å²) in [6, 6.07) is 2.46. The Balaban J connectivity index is 2.35. The molecule has 0 aliphatic heterocycles. The van der Waals surface area contributed by atoms with Crippen LogP contribution in [0.15, 0.2) is 17.0 Å². The number of sulfonamides is 1. The molecule has 0 amide bonds. The summed E-state index contributed by atoms with van der Waals surface area (Å²) in [6.45, 7) is 3.36. The summed E-state index contributed by atoms with van der Waals surface area (Å²) in [7, 11) is -3.64. The number of hydrogen-bond donors (Lipinski definition) is 2. The number of aryl methyl sites for hydroxylation is 1. The van der Waals surface area contributed by atoms with E-state index in [2.05, 4.69) is 4.72 Å². The molecule has 0 bridgehead atoms. The van der Waals surface area contributed by atoms with Gasteiger partial charge in [-0.2, -0.15) is 0 Å². The fourth-order valence-corrected chi connectivity index (χ4v) is 3.70. The van der Waals surface area contributed by atoms with E-state index in [1.807, 2.05) is 6.92 Å². The Labute approximate surface area is 106 Å². The zero-order valence-electron chi connectivity index (χ0n) is 10.5. The molecule has 1 aromatic rings. The van der Waals surface area contributed by atoms with Gasteiger partial charge >= 0.3 is 0 Å². The molecule has 4 nitrogen and oxygen atoms in total. The van der Waals surface area contributed by atoms with Crippen LogP contribution in [0, 0.1) is 12.7 Å². The second-order valence-corrected chi connectivity index (χ2v) is 6.85. The van der Waals surface area contributed by atoms with E-state index in [-0.39, 0.29) is 21.7 Å². The number of rotatable bonds is 3. The predicted octanol–water partition coefficient (Wildman–Crippen LogP) is 1.94. The number of hydrogen-bond acceptors (Lipinski definition) is 3. The van der Waals surface area contributed by atoms with E-state index in [1.54, 1.807) is 0 Å². The third-order valence-electron chi connectivity index (χ3n) is 3.40. The zero-order valence-corrected chi connectivity index (χ0v) is 11.3. The average molecular weight is 272 g/mol. The van der Waals surface area contributed by atoms with Crippen LogP contribution in [0.1, 0.15) is 31.7 Å². The van der Waals surface area contributed by atoms with Crippen LogP contribution in [0.2, 0.25) is 0 Å². The van der Waals surface area contributed by atoms with Gasteiger partial charge in [-0.05, 0) is 50.8 Å². The summed E-state index contributed by atoms with van der Waals surface area (Å²) in [6.07, 6.45) is 2.66. The van der Waals surface area contributed by atoms with E-state index in [4.69, 9.17) is 5.73 Å². The molecular weight excluding hydrogens is 255 g/mol. The molecule has 0 radical (unpaired) electrons. The van der Waals surface area contributed by atoms with Gasteiger partial charge in [0.05, 0.1) is 10.6 Å². The first-order valence-electron chi connectivity index (χ1n) is 5.83. The quantitative estimate of drug-likeness (QED) is 0.826. The highest BCUT2D eigenvalue weighted by Crippen LogP contribution is 2.33. The Bertz CT molecular complexity index is 557. The standard InChI is InChI=1S/C12H17FN2O2S/c1-8-6-9(7-10(14)11(8)13)18(16,17)15-12(2)4-3-5-12/h6-7,15H,3-5,14H2,1-2H3. The van der Waals surface area contributed by atoms with Gasteiger partial charge in [0.1, 0.15) is 5.82 Å². The molecule has 0 aromatic heterocycles. The lowest BCUT2D eigenvalue weighted by atomic mass is 9.80. The van der Waals surface area contributed by atoms with Gasteiger partial charge in [-0.1, -0.05) is 0 Å². The fourth-order valence-electron chi connectivity index (χ4n) is 2.11. The Kier molecular flexibility index (Phi) is 3.11. The topological polar surface area (TPSA) is 72.2 Å². The number of nitrogens with one attached hydrogen (secondary N) is 1. The molecule has 0 heterocycles. The lowest BCUT2D eigenvalue weighted by molar-refractivity contribution is 0.248. The first-order chi connectivity index (χ1) is 8.23. The van der Waals surface area contributed by atoms with Gasteiger partial charge < -0.3 is 5.73 Å². The van der Waals surface area contributed by atoms with Crippen LogP contribution >= 0.6 is 0 Å². The second kappa shape index (κ2) is 4.20. The van der Waals surface area contributed by atoms with Gasteiger partial charge in [0.2, 0.25) is 10.0 Å². The molecule has 3 N–H and O–H groups in total. The molecule has 100 valence electrons. The lowest BCUT2D eigenvalue weighted by Gasteiger charge is -2.38. The molecule has 0 saturated heterocycles. The smallest absolute Gasteiger partial charge is 0.241 e. The maximum Gasteiger partial charge on any atom is 0.241 e. The van der Waals surface area contributed by atoms with Gasteiger partial charge in [0, 0.05) is 5.54 Å². The summed E-state index contributed by atoms with van der Waals surface area (Å²) >= 11 is 0. The van der Waals surface area contributed by atoms with E-state index >= 15 is 0 Å². The van der Waals surface area contributed by atoms with Crippen LogP contribution in [0.5, 0.6) is 0 Å². The van der Waals surface area contributed by atoms with Gasteiger partial charge in [0.25, 0.3) is 0 Å². The molecule has 0 atom stereocenters. The highest BCUT2D eigenvalue weighted by molar-refractivity contribution is 7.89. The molecule has 0 unspecified atom stereocenters. The molecule has 1 aliphatic rings. The van der Waals surface area contributed by atoms with Crippen molar-refractivity contribution in [3.05, 3.63) is 23.5 Å². The van der Waals surface area contributed by atoms with E-state index in [1.165, 1.54) is 13.0 Å². The maximum atomic E-state index is 13.4. The van der Waals surface area contributed by atoms with Crippen molar-refractivity contribution in [2.24, 2.45) is 0 Å². The normalized spacial score (nSPS) is 18.4. The Morgan fingerprint density at radius 2 is 2.00 bits per heavy atom. The van der Waals surface area contributed by atoms with Crippen molar-refractivity contribution in [1.29, 1.82) is 0 Å². The van der Waals surface area contributed by atoms with Crippen molar-refractivity contribution in [1.82, 2.24) is 4.72 Å². The van der Waals surface area contributed by atoms with Gasteiger partial charge in [-0.3, -0.25) is 0 Å². The first kappa shape index (κ1) is 13.3. The molecule has 1 aliphatic carbocycles. The maximum absolute atomic E-state index is 13.4. The zero-order chi connectivity index (χ0) is 13.6. The van der Waals surface area contributed by atoms with E-state index in [0.29, 0.717) is 0 Å². The molecule has 1 aromatic carbocycles. The second-order valence-electron chi connectivity index (χ2n) is 5.16. The van der Waals surface area contributed by atoms with Crippen molar-refractivity contribution in [2.45, 2.75) is 43.5 Å². The van der Waals surface area contributed by atoms with E-state index < -0.39 is 15.8 Å². The van der Waals surface area contributed by atoms with Crippen LogP contribution < -0.4 is 10.5 Å². The molecule has 2 rings (SSSR count). The van der Waals surface area contributed by atoms with Gasteiger partial charge in [-0.25, -0.2) is 17.5 Å². The summed E-state index contributed by atoms with van der Waals surface area (Å²) in [5.74, 6) is -0.566. The average Bonchev–Trinajstić information content (AvgIpc) is 2.22. The van der Waals surface area contributed by atoms with Crippen molar-refractivity contribution in [3.8, 4) is 0 Å². The van der Waals surface area contributed by atoms with Crippen LogP contribution in [0.3, 0.4) is 0 Å². The number of anilines is 1. The van der Waals surface area contributed by atoms with Gasteiger partial charge in [-0.15, -0.1) is 0 Å². The van der Waals surface area contributed by atoms with Crippen LogP contribution in [0.4, 0.5) is 10.1 Å². The first-order valence-corrected chi connectivity index (χ1v) is 7.31. The van der Waals surface area contributed by atoms with E-state index in [9.17, 15) is 12.8 Å². The molecule has 0 spiro atoms. The Morgan fingerprint density at radius 3 is 2.44 bits per heavy atom. The molecular formula is C12H17FN2O2S. The third-order valence-corrected chi connectivity index (χ3v) is 5.02. The van der Waals surface area contributed by atoms with E-state index in [0.717, 1.165) is 25.3 Å². The minimum atomic E-state index is -3.64. The monoisotopic (exact) mass is 272 g/mol. The lowest BCUT2D eigenvalue weighted by Crippen LogP contribution is -2.50.